The van der Waals surface area contributed by atoms with Gasteiger partial charge in [-0.25, -0.2) is 0 Å². The second-order valence-electron chi connectivity index (χ2n) is 5.95. The number of hydrogen-bond acceptors (Lipinski definition) is 5. The fourth-order valence-electron chi connectivity index (χ4n) is 2.82. The zero-order valence-electron chi connectivity index (χ0n) is 12.9. The van der Waals surface area contributed by atoms with Crippen LogP contribution >= 0.6 is 0 Å². The Labute approximate surface area is 130 Å². The van der Waals surface area contributed by atoms with Gasteiger partial charge in [-0.1, -0.05) is 13.3 Å². The van der Waals surface area contributed by atoms with Crippen LogP contribution in [0.15, 0.2) is 18.2 Å². The third-order valence-electron chi connectivity index (χ3n) is 3.99. The van der Waals surface area contributed by atoms with Gasteiger partial charge in [0.1, 0.15) is 6.07 Å². The number of piperidine rings is 1. The first-order valence-corrected chi connectivity index (χ1v) is 7.75. The molecule has 1 aliphatic rings. The van der Waals surface area contributed by atoms with E-state index < -0.39 is 4.92 Å². The van der Waals surface area contributed by atoms with Gasteiger partial charge in [-0.15, -0.1) is 0 Å². The van der Waals surface area contributed by atoms with Crippen molar-refractivity contribution in [3.63, 3.8) is 0 Å². The van der Waals surface area contributed by atoms with Crippen molar-refractivity contribution in [3.8, 4) is 6.07 Å². The van der Waals surface area contributed by atoms with Gasteiger partial charge in [-0.05, 0) is 37.9 Å². The lowest BCUT2D eigenvalue weighted by Gasteiger charge is -2.29. The molecule has 1 saturated heterocycles. The summed E-state index contributed by atoms with van der Waals surface area (Å²) in [4.78, 5) is 12.7. The summed E-state index contributed by atoms with van der Waals surface area (Å²) in [5.74, 6) is 0.458. The number of nitriles is 1. The average Bonchev–Trinajstić information content (AvgIpc) is 2.53. The van der Waals surface area contributed by atoms with Crippen molar-refractivity contribution in [2.24, 2.45) is 5.92 Å². The number of hydrogen-bond donors (Lipinski definition) is 1. The quantitative estimate of drug-likeness (QED) is 0.645. The second-order valence-corrected chi connectivity index (χ2v) is 5.95. The smallest absolute Gasteiger partial charge is 0.270 e. The third kappa shape index (κ3) is 4.43. The van der Waals surface area contributed by atoms with Crippen LogP contribution < -0.4 is 5.32 Å². The molecule has 6 heteroatoms. The van der Waals surface area contributed by atoms with E-state index in [-0.39, 0.29) is 5.69 Å². The maximum atomic E-state index is 10.7. The van der Waals surface area contributed by atoms with Crippen molar-refractivity contribution in [2.45, 2.75) is 26.2 Å². The molecule has 6 nitrogen and oxygen atoms in total. The average molecular weight is 302 g/mol. The van der Waals surface area contributed by atoms with E-state index in [0.29, 0.717) is 17.2 Å². The first kappa shape index (κ1) is 16.2. The Hall–Kier alpha value is -2.13. The van der Waals surface area contributed by atoms with Gasteiger partial charge >= 0.3 is 0 Å². The predicted octanol–water partition coefficient (Wildman–Crippen LogP) is 3.00. The summed E-state index contributed by atoms with van der Waals surface area (Å²) in [5.41, 5.74) is 0.932. The number of non-ortho nitro benzene ring substituents is 1. The van der Waals surface area contributed by atoms with Crippen molar-refractivity contribution in [1.82, 2.24) is 4.90 Å². The molecule has 0 radical (unpaired) electrons. The highest BCUT2D eigenvalue weighted by Crippen LogP contribution is 2.21. The number of rotatable bonds is 6. The van der Waals surface area contributed by atoms with Gasteiger partial charge in [0, 0.05) is 25.2 Å². The van der Waals surface area contributed by atoms with Crippen LogP contribution in [0.1, 0.15) is 31.7 Å². The lowest BCUT2D eigenvalue weighted by atomic mass is 10.1. The molecule has 1 heterocycles. The van der Waals surface area contributed by atoms with Crippen LogP contribution in [-0.4, -0.2) is 36.0 Å². The number of nitro benzene ring substituents is 1. The highest BCUT2D eigenvalue weighted by atomic mass is 16.6. The van der Waals surface area contributed by atoms with E-state index in [2.05, 4.69) is 17.1 Å². The van der Waals surface area contributed by atoms with Gasteiger partial charge in [0.25, 0.3) is 5.69 Å². The van der Waals surface area contributed by atoms with Gasteiger partial charge in [0.2, 0.25) is 0 Å². The SMILES string of the molecule is C[C@H](CNc1ccc([N+](=O)[O-])cc1C#N)CN1CCCCC1. The Morgan fingerprint density at radius 2 is 2.14 bits per heavy atom. The lowest BCUT2D eigenvalue weighted by molar-refractivity contribution is -0.384. The van der Waals surface area contributed by atoms with Gasteiger partial charge in [-0.3, -0.25) is 10.1 Å². The zero-order chi connectivity index (χ0) is 15.9. The second kappa shape index (κ2) is 7.76. The molecule has 1 N–H and O–H groups in total. The van der Waals surface area contributed by atoms with Crippen LogP contribution in [0.3, 0.4) is 0 Å². The molecule has 1 fully saturated rings. The molecule has 1 aliphatic heterocycles. The van der Waals surface area contributed by atoms with E-state index in [1.54, 1.807) is 6.07 Å². The molecule has 2 rings (SSSR count). The fraction of sp³-hybridized carbons (Fsp3) is 0.562. The van der Waals surface area contributed by atoms with Crippen molar-refractivity contribution < 1.29 is 4.92 Å². The van der Waals surface area contributed by atoms with E-state index in [9.17, 15) is 10.1 Å². The first-order chi connectivity index (χ1) is 10.6. The Balaban J connectivity index is 1.90. The molecular weight excluding hydrogens is 280 g/mol. The molecule has 0 aromatic heterocycles. The number of nitrogens with zero attached hydrogens (tertiary/aromatic N) is 3. The molecular formula is C16H22N4O2. The summed E-state index contributed by atoms with van der Waals surface area (Å²) in [6.45, 7) is 6.32. The minimum Gasteiger partial charge on any atom is -0.384 e. The Kier molecular flexibility index (Phi) is 5.73. The molecule has 118 valence electrons. The fourth-order valence-corrected chi connectivity index (χ4v) is 2.82. The highest BCUT2D eigenvalue weighted by Gasteiger charge is 2.15. The summed E-state index contributed by atoms with van der Waals surface area (Å²) in [6.07, 6.45) is 3.89. The standard InChI is InChI=1S/C16H22N4O2/c1-13(12-19-7-3-2-4-8-19)11-18-16-6-5-15(20(21)22)9-14(16)10-17/h5-6,9,13,18H,2-4,7-8,11-12H2,1H3/t13-/m1/s1. The zero-order valence-corrected chi connectivity index (χ0v) is 12.9. The maximum Gasteiger partial charge on any atom is 0.270 e. The molecule has 0 bridgehead atoms. The minimum absolute atomic E-state index is 0.0523. The highest BCUT2D eigenvalue weighted by molar-refractivity contribution is 5.61. The molecule has 0 aliphatic carbocycles. The summed E-state index contributed by atoms with van der Waals surface area (Å²) >= 11 is 0. The molecule has 1 aromatic rings. The normalized spacial score (nSPS) is 16.7. The molecule has 0 unspecified atom stereocenters. The van der Waals surface area contributed by atoms with Gasteiger partial charge in [-0.2, -0.15) is 5.26 Å². The minimum atomic E-state index is -0.483. The summed E-state index contributed by atoms with van der Waals surface area (Å²) in [6, 6.07) is 6.38. The summed E-state index contributed by atoms with van der Waals surface area (Å²) in [5, 5.41) is 23.1. The van der Waals surface area contributed by atoms with E-state index in [1.807, 2.05) is 6.07 Å². The maximum absolute atomic E-state index is 10.7. The number of anilines is 1. The van der Waals surface area contributed by atoms with Gasteiger partial charge in [0.15, 0.2) is 0 Å². The van der Waals surface area contributed by atoms with E-state index >= 15 is 0 Å². The molecule has 1 atom stereocenters. The predicted molar refractivity (Wildman–Crippen MR) is 85.8 cm³/mol. The van der Waals surface area contributed by atoms with Crippen LogP contribution in [0.2, 0.25) is 0 Å². The lowest BCUT2D eigenvalue weighted by Crippen LogP contribution is -2.35. The molecule has 0 saturated carbocycles. The van der Waals surface area contributed by atoms with Crippen LogP contribution in [0.5, 0.6) is 0 Å². The van der Waals surface area contributed by atoms with E-state index in [0.717, 1.165) is 13.1 Å². The largest absolute Gasteiger partial charge is 0.384 e. The van der Waals surface area contributed by atoms with Crippen molar-refractivity contribution in [2.75, 3.05) is 31.5 Å². The van der Waals surface area contributed by atoms with E-state index in [1.165, 1.54) is 44.5 Å². The van der Waals surface area contributed by atoms with Crippen LogP contribution in [0.25, 0.3) is 0 Å². The Morgan fingerprint density at radius 3 is 2.77 bits per heavy atom. The number of likely N-dealkylation sites (tertiary alicyclic amines) is 1. The molecule has 0 amide bonds. The van der Waals surface area contributed by atoms with Gasteiger partial charge in [0.05, 0.1) is 16.2 Å². The Bertz CT molecular complexity index is 562. The summed E-state index contributed by atoms with van der Waals surface area (Å²) < 4.78 is 0. The first-order valence-electron chi connectivity index (χ1n) is 7.75. The number of nitro groups is 1. The summed E-state index contributed by atoms with van der Waals surface area (Å²) in [7, 11) is 0. The molecule has 0 spiro atoms. The van der Waals surface area contributed by atoms with Crippen molar-refractivity contribution in [1.29, 1.82) is 5.26 Å². The monoisotopic (exact) mass is 302 g/mol. The van der Waals surface area contributed by atoms with Crippen LogP contribution in [0.4, 0.5) is 11.4 Å². The van der Waals surface area contributed by atoms with Crippen molar-refractivity contribution >= 4 is 11.4 Å². The third-order valence-corrected chi connectivity index (χ3v) is 3.99. The molecule has 22 heavy (non-hydrogen) atoms. The molecule has 1 aromatic carbocycles. The number of benzene rings is 1. The Morgan fingerprint density at radius 1 is 1.41 bits per heavy atom. The van der Waals surface area contributed by atoms with E-state index in [4.69, 9.17) is 5.26 Å². The van der Waals surface area contributed by atoms with Gasteiger partial charge < -0.3 is 10.2 Å². The van der Waals surface area contributed by atoms with Crippen LogP contribution in [0, 0.1) is 27.4 Å². The van der Waals surface area contributed by atoms with Crippen LogP contribution in [-0.2, 0) is 0 Å². The topological polar surface area (TPSA) is 82.2 Å². The van der Waals surface area contributed by atoms with Crippen molar-refractivity contribution in [3.05, 3.63) is 33.9 Å². The number of nitrogens with one attached hydrogen (secondary N) is 1.